The van der Waals surface area contributed by atoms with Crippen LogP contribution in [0.5, 0.6) is 11.5 Å². The molecule has 0 spiro atoms. The van der Waals surface area contributed by atoms with Crippen LogP contribution < -0.4 is 14.6 Å². The summed E-state index contributed by atoms with van der Waals surface area (Å²) in [6.07, 6.45) is 2.70. The van der Waals surface area contributed by atoms with Crippen LogP contribution in [0.4, 0.5) is 0 Å². The molecule has 0 fully saturated rings. The van der Waals surface area contributed by atoms with Crippen molar-refractivity contribution in [2.24, 2.45) is 0 Å². The molecule has 2 aromatic rings. The summed E-state index contributed by atoms with van der Waals surface area (Å²) >= 11 is 0. The van der Waals surface area contributed by atoms with Crippen LogP contribution in [0.25, 0.3) is 17.3 Å². The Labute approximate surface area is 166 Å². The first-order chi connectivity index (χ1) is 14.0. The Hall–Kier alpha value is -3.80. The van der Waals surface area contributed by atoms with Crippen LogP contribution in [0.2, 0.25) is 0 Å². The summed E-state index contributed by atoms with van der Waals surface area (Å²) < 4.78 is 17.4. The molecule has 150 valence electrons. The molecule has 1 aliphatic rings. The smallest absolute Gasteiger partial charge is 0.348 e. The molecule has 0 radical (unpaired) electrons. The van der Waals surface area contributed by atoms with E-state index in [1.165, 1.54) is 10.8 Å². The Morgan fingerprint density at radius 2 is 2.10 bits per heavy atom. The van der Waals surface area contributed by atoms with E-state index >= 15 is 0 Å². The van der Waals surface area contributed by atoms with Crippen LogP contribution in [0.3, 0.4) is 0 Å². The van der Waals surface area contributed by atoms with Gasteiger partial charge in [0, 0.05) is 36.3 Å². The fourth-order valence-electron chi connectivity index (χ4n) is 2.78. The second-order valence-corrected chi connectivity index (χ2v) is 6.07. The normalized spacial score (nSPS) is 12.9. The third-order valence-electron chi connectivity index (χ3n) is 4.07. The highest BCUT2D eigenvalue weighted by Crippen LogP contribution is 2.35. The Bertz CT molecular complexity index is 1000. The van der Waals surface area contributed by atoms with Crippen LogP contribution in [0.1, 0.15) is 18.9 Å². The van der Waals surface area contributed by atoms with Crippen molar-refractivity contribution in [2.45, 2.75) is 19.9 Å². The second kappa shape index (κ2) is 8.93. The Kier molecular flexibility index (Phi) is 6.14. The molecule has 2 heterocycles. The molecule has 0 saturated carbocycles. The Morgan fingerprint density at radius 3 is 2.79 bits per heavy atom. The van der Waals surface area contributed by atoms with E-state index in [1.54, 1.807) is 31.3 Å². The molecule has 9 heteroatoms. The van der Waals surface area contributed by atoms with Gasteiger partial charge in [-0.3, -0.25) is 4.68 Å². The summed E-state index contributed by atoms with van der Waals surface area (Å²) in [7, 11) is 0. The van der Waals surface area contributed by atoms with Crippen LogP contribution in [0, 0.1) is 11.3 Å². The average Bonchev–Trinajstić information content (AvgIpc) is 3.13. The number of nitriles is 1. The minimum atomic E-state index is -1.21. The van der Waals surface area contributed by atoms with Crippen LogP contribution in [-0.2, 0) is 20.9 Å². The molecular formula is C20H18N3O6-. The lowest BCUT2D eigenvalue weighted by molar-refractivity contribution is -0.306. The second-order valence-electron chi connectivity index (χ2n) is 6.07. The number of carboxylic acid groups (broad SMARTS) is 1. The van der Waals surface area contributed by atoms with Crippen LogP contribution in [-0.4, -0.2) is 41.5 Å². The third kappa shape index (κ3) is 4.73. The van der Waals surface area contributed by atoms with Crippen molar-refractivity contribution >= 4 is 18.0 Å². The van der Waals surface area contributed by atoms with Gasteiger partial charge in [-0.05, 0) is 31.2 Å². The number of benzene rings is 1. The number of esters is 1. The highest BCUT2D eigenvalue weighted by atomic mass is 16.6. The maximum absolute atomic E-state index is 12.0. The number of aryl methyl sites for hydroxylation is 1. The Balaban J connectivity index is 2.03. The lowest BCUT2D eigenvalue weighted by Crippen LogP contribution is -2.23. The number of hydrogen-bond donors (Lipinski definition) is 0. The average molecular weight is 396 g/mol. The highest BCUT2D eigenvalue weighted by molar-refractivity contribution is 5.98. The number of carbonyl (C=O) groups excluding carboxylic acids is 2. The van der Waals surface area contributed by atoms with Gasteiger partial charge < -0.3 is 24.1 Å². The third-order valence-corrected chi connectivity index (χ3v) is 4.07. The number of aromatic nitrogens is 2. The first kappa shape index (κ1) is 19.9. The zero-order valence-corrected chi connectivity index (χ0v) is 15.7. The van der Waals surface area contributed by atoms with E-state index in [4.69, 9.17) is 14.2 Å². The van der Waals surface area contributed by atoms with Crippen molar-refractivity contribution < 1.29 is 28.9 Å². The first-order valence-electron chi connectivity index (χ1n) is 8.98. The number of nitrogens with zero attached hydrogens (tertiary/aromatic N) is 3. The van der Waals surface area contributed by atoms with E-state index < -0.39 is 11.9 Å². The quantitative estimate of drug-likeness (QED) is 0.384. The molecule has 29 heavy (non-hydrogen) atoms. The fourth-order valence-corrected chi connectivity index (χ4v) is 2.78. The van der Waals surface area contributed by atoms with Gasteiger partial charge in [0.2, 0.25) is 0 Å². The van der Waals surface area contributed by atoms with E-state index in [2.05, 4.69) is 5.10 Å². The summed E-state index contributed by atoms with van der Waals surface area (Å²) in [5.74, 6) is -0.787. The molecular weight excluding hydrogens is 378 g/mol. The van der Waals surface area contributed by atoms with Crippen molar-refractivity contribution in [3.05, 3.63) is 35.5 Å². The van der Waals surface area contributed by atoms with Gasteiger partial charge in [-0.25, -0.2) is 4.79 Å². The molecule has 0 bridgehead atoms. The van der Waals surface area contributed by atoms with Gasteiger partial charge in [0.05, 0.1) is 12.3 Å². The van der Waals surface area contributed by atoms with E-state index in [0.717, 1.165) is 0 Å². The molecule has 0 amide bonds. The minimum absolute atomic E-state index is 0.0784. The molecule has 1 aromatic heterocycles. The van der Waals surface area contributed by atoms with E-state index in [0.29, 0.717) is 41.5 Å². The molecule has 0 atom stereocenters. The number of rotatable bonds is 7. The molecule has 0 N–H and O–H groups in total. The number of hydrogen-bond acceptors (Lipinski definition) is 8. The standard InChI is InChI=1S/C20H19N3O6/c1-2-27-20(26)14(11-21)9-15-12-23(6-5-18(24)25)22-19(15)13-3-4-16-17(10-13)29-8-7-28-16/h3-4,9-10,12H,2,5-8H2,1H3,(H,24,25)/p-1/b14-9+. The summed E-state index contributed by atoms with van der Waals surface area (Å²) in [6.45, 7) is 2.74. The molecule has 3 rings (SSSR count). The summed E-state index contributed by atoms with van der Waals surface area (Å²) in [5.41, 5.74) is 1.39. The number of fused-ring (bicyclic) bond motifs is 1. The van der Waals surface area contributed by atoms with Crippen LogP contribution >= 0.6 is 0 Å². The predicted octanol–water partition coefficient (Wildman–Crippen LogP) is 0.931. The van der Waals surface area contributed by atoms with E-state index in [-0.39, 0.29) is 25.1 Å². The molecule has 0 saturated heterocycles. The minimum Gasteiger partial charge on any atom is -0.550 e. The van der Waals surface area contributed by atoms with Gasteiger partial charge in [0.15, 0.2) is 11.5 Å². The predicted molar refractivity (Wildman–Crippen MR) is 98.5 cm³/mol. The van der Waals surface area contributed by atoms with Gasteiger partial charge in [-0.1, -0.05) is 0 Å². The first-order valence-corrected chi connectivity index (χ1v) is 8.98. The summed E-state index contributed by atoms with van der Waals surface area (Å²) in [6, 6.07) is 7.08. The van der Waals surface area contributed by atoms with Gasteiger partial charge in [0.25, 0.3) is 0 Å². The van der Waals surface area contributed by atoms with Crippen LogP contribution in [0.15, 0.2) is 30.0 Å². The van der Waals surface area contributed by atoms with Crippen molar-refractivity contribution in [2.75, 3.05) is 19.8 Å². The maximum Gasteiger partial charge on any atom is 0.348 e. The molecule has 1 aromatic carbocycles. The van der Waals surface area contributed by atoms with Gasteiger partial charge in [-0.15, -0.1) is 0 Å². The monoisotopic (exact) mass is 396 g/mol. The van der Waals surface area contributed by atoms with Crippen molar-refractivity contribution in [1.82, 2.24) is 9.78 Å². The molecule has 1 aliphatic heterocycles. The maximum atomic E-state index is 12.0. The van der Waals surface area contributed by atoms with Gasteiger partial charge >= 0.3 is 5.97 Å². The lowest BCUT2D eigenvalue weighted by atomic mass is 10.1. The van der Waals surface area contributed by atoms with Crippen molar-refractivity contribution in [3.8, 4) is 28.8 Å². The Morgan fingerprint density at radius 1 is 1.34 bits per heavy atom. The number of carboxylic acids is 1. The van der Waals surface area contributed by atoms with E-state index in [9.17, 15) is 20.0 Å². The van der Waals surface area contributed by atoms with Crippen molar-refractivity contribution in [1.29, 1.82) is 5.26 Å². The molecule has 0 aliphatic carbocycles. The lowest BCUT2D eigenvalue weighted by Gasteiger charge is -2.18. The number of aliphatic carboxylic acids is 1. The molecule has 0 unspecified atom stereocenters. The topological polar surface area (TPSA) is 127 Å². The number of ether oxygens (including phenoxy) is 3. The van der Waals surface area contributed by atoms with E-state index in [1.807, 2.05) is 6.07 Å². The highest BCUT2D eigenvalue weighted by Gasteiger charge is 2.18. The van der Waals surface area contributed by atoms with Gasteiger partial charge in [-0.2, -0.15) is 10.4 Å². The fraction of sp³-hybridized carbons (Fsp3) is 0.300. The SMILES string of the molecule is CCOC(=O)/C(C#N)=C/c1cn(CCC(=O)[O-])nc1-c1ccc2c(c1)OCCO2. The zero-order valence-electron chi connectivity index (χ0n) is 15.7. The summed E-state index contributed by atoms with van der Waals surface area (Å²) in [5, 5.41) is 24.5. The van der Waals surface area contributed by atoms with Crippen molar-refractivity contribution in [3.63, 3.8) is 0 Å². The zero-order chi connectivity index (χ0) is 20.8. The van der Waals surface area contributed by atoms with Gasteiger partial charge in [0.1, 0.15) is 24.9 Å². The largest absolute Gasteiger partial charge is 0.550 e. The summed E-state index contributed by atoms with van der Waals surface area (Å²) in [4.78, 5) is 22.8. The molecule has 9 nitrogen and oxygen atoms in total. The number of carbonyl (C=O) groups is 2.